The van der Waals surface area contributed by atoms with Crippen LogP contribution in [0.25, 0.3) is 0 Å². The topological polar surface area (TPSA) is 95.8 Å². The Balaban J connectivity index is 1.18. The molecule has 1 aliphatic heterocycles. The van der Waals surface area contributed by atoms with Crippen molar-refractivity contribution in [2.45, 2.75) is 25.7 Å². The number of aromatic nitrogens is 1. The van der Waals surface area contributed by atoms with Crippen molar-refractivity contribution in [2.24, 2.45) is 0 Å². The molecule has 0 spiro atoms. The first-order valence-corrected chi connectivity index (χ1v) is 11.8. The number of hydrogen-bond acceptors (Lipinski definition) is 6. The highest BCUT2D eigenvalue weighted by Crippen LogP contribution is 2.18. The molecule has 4 rings (SSSR count). The molecule has 0 unspecified atom stereocenters. The number of anilines is 1. The van der Waals surface area contributed by atoms with Gasteiger partial charge in [-0.25, -0.2) is 4.98 Å². The summed E-state index contributed by atoms with van der Waals surface area (Å²) in [5.74, 6) is -0.0537. The lowest BCUT2D eigenvalue weighted by Gasteiger charge is -2.34. The third-order valence-electron chi connectivity index (χ3n) is 5.53. The van der Waals surface area contributed by atoms with Crippen molar-refractivity contribution in [1.82, 2.24) is 14.8 Å². The molecule has 1 aliphatic rings. The van der Waals surface area contributed by atoms with Crippen molar-refractivity contribution in [2.75, 3.05) is 31.5 Å². The normalized spacial score (nSPS) is 13.7. The van der Waals surface area contributed by atoms with E-state index in [1.54, 1.807) is 22.4 Å². The number of piperazine rings is 1. The molecular weight excluding hydrogens is 440 g/mol. The van der Waals surface area contributed by atoms with Gasteiger partial charge < -0.3 is 14.2 Å². The van der Waals surface area contributed by atoms with Crippen LogP contribution in [-0.4, -0.2) is 58.7 Å². The van der Waals surface area contributed by atoms with Crippen molar-refractivity contribution in [3.05, 3.63) is 71.1 Å². The second-order valence-electron chi connectivity index (χ2n) is 7.85. The standard InChI is InChI=1S/C24H26N4O4S/c29-21(10-4-8-18-6-2-1-3-7-18)27-11-13-28(14-12-27)22(30)16-19-17-33-24(25-19)26-23(31)20-9-5-15-32-20/h1-3,5-7,9,15,17H,4,8,10-14,16H2,(H,25,26,31). The monoisotopic (exact) mass is 466 g/mol. The van der Waals surface area contributed by atoms with E-state index in [1.807, 2.05) is 23.1 Å². The fourth-order valence-corrected chi connectivity index (χ4v) is 4.44. The molecular formula is C24H26N4O4S. The van der Waals surface area contributed by atoms with E-state index < -0.39 is 0 Å². The second kappa shape index (κ2) is 10.9. The minimum atomic E-state index is -0.378. The first kappa shape index (κ1) is 22.7. The van der Waals surface area contributed by atoms with Gasteiger partial charge in [-0.2, -0.15) is 0 Å². The molecule has 2 aromatic heterocycles. The van der Waals surface area contributed by atoms with Crippen LogP contribution in [0.3, 0.4) is 0 Å². The Hall–Kier alpha value is -3.46. The molecule has 3 amide bonds. The highest BCUT2D eigenvalue weighted by molar-refractivity contribution is 7.14. The van der Waals surface area contributed by atoms with Gasteiger partial charge in [0.1, 0.15) is 0 Å². The van der Waals surface area contributed by atoms with Gasteiger partial charge in [-0.3, -0.25) is 19.7 Å². The molecule has 0 radical (unpaired) electrons. The van der Waals surface area contributed by atoms with Crippen LogP contribution in [0.2, 0.25) is 0 Å². The number of rotatable bonds is 8. The van der Waals surface area contributed by atoms with Crippen LogP contribution in [0.1, 0.15) is 34.7 Å². The van der Waals surface area contributed by atoms with Gasteiger partial charge in [0.15, 0.2) is 10.9 Å². The van der Waals surface area contributed by atoms with Gasteiger partial charge in [0.25, 0.3) is 5.91 Å². The van der Waals surface area contributed by atoms with Crippen LogP contribution in [0.5, 0.6) is 0 Å². The zero-order chi connectivity index (χ0) is 23.0. The van der Waals surface area contributed by atoms with Crippen LogP contribution in [0.15, 0.2) is 58.5 Å². The molecule has 8 nitrogen and oxygen atoms in total. The first-order chi connectivity index (χ1) is 16.1. The minimum absolute atomic E-state index is 0.0274. The maximum atomic E-state index is 12.7. The molecule has 1 saturated heterocycles. The Morgan fingerprint density at radius 1 is 0.970 bits per heavy atom. The van der Waals surface area contributed by atoms with Gasteiger partial charge in [0.2, 0.25) is 11.8 Å². The number of carbonyl (C=O) groups excluding carboxylic acids is 3. The van der Waals surface area contributed by atoms with Crippen LogP contribution in [0.4, 0.5) is 5.13 Å². The molecule has 0 bridgehead atoms. The van der Waals surface area contributed by atoms with E-state index in [0.29, 0.717) is 43.4 Å². The number of hydrogen-bond donors (Lipinski definition) is 1. The third-order valence-corrected chi connectivity index (χ3v) is 6.34. The smallest absolute Gasteiger partial charge is 0.293 e. The molecule has 1 fully saturated rings. The molecule has 1 aromatic carbocycles. The molecule has 0 aliphatic carbocycles. The highest BCUT2D eigenvalue weighted by atomic mass is 32.1. The van der Waals surface area contributed by atoms with E-state index in [4.69, 9.17) is 4.42 Å². The Morgan fingerprint density at radius 2 is 1.70 bits per heavy atom. The van der Waals surface area contributed by atoms with E-state index in [9.17, 15) is 14.4 Å². The summed E-state index contributed by atoms with van der Waals surface area (Å²) >= 11 is 1.27. The number of thiazole rings is 1. The number of aryl methyl sites for hydroxylation is 1. The van der Waals surface area contributed by atoms with Crippen LogP contribution in [0, 0.1) is 0 Å². The Labute approximate surface area is 196 Å². The summed E-state index contributed by atoms with van der Waals surface area (Å²) in [6, 6.07) is 13.4. The molecule has 9 heteroatoms. The van der Waals surface area contributed by atoms with Crippen molar-refractivity contribution in [3.8, 4) is 0 Å². The molecule has 3 aromatic rings. The lowest BCUT2D eigenvalue weighted by Crippen LogP contribution is -2.51. The third kappa shape index (κ3) is 6.29. The number of benzene rings is 1. The molecule has 3 heterocycles. The molecule has 33 heavy (non-hydrogen) atoms. The zero-order valence-electron chi connectivity index (χ0n) is 18.2. The van der Waals surface area contributed by atoms with Crippen LogP contribution >= 0.6 is 11.3 Å². The maximum absolute atomic E-state index is 12.7. The van der Waals surface area contributed by atoms with Gasteiger partial charge >= 0.3 is 0 Å². The number of amides is 3. The molecule has 0 atom stereocenters. The van der Waals surface area contributed by atoms with Crippen molar-refractivity contribution in [3.63, 3.8) is 0 Å². The quantitative estimate of drug-likeness (QED) is 0.550. The number of nitrogens with zero attached hydrogens (tertiary/aromatic N) is 3. The average molecular weight is 467 g/mol. The van der Waals surface area contributed by atoms with Crippen LogP contribution < -0.4 is 5.32 Å². The lowest BCUT2D eigenvalue weighted by atomic mass is 10.1. The first-order valence-electron chi connectivity index (χ1n) is 11.0. The zero-order valence-corrected chi connectivity index (χ0v) is 19.1. The second-order valence-corrected chi connectivity index (χ2v) is 8.71. The summed E-state index contributed by atoms with van der Waals surface area (Å²) in [4.78, 5) is 45.2. The number of nitrogens with one attached hydrogen (secondary N) is 1. The van der Waals surface area contributed by atoms with E-state index in [1.165, 1.54) is 23.2 Å². The maximum Gasteiger partial charge on any atom is 0.293 e. The summed E-state index contributed by atoms with van der Waals surface area (Å²) < 4.78 is 5.06. The van der Waals surface area contributed by atoms with E-state index in [0.717, 1.165) is 12.8 Å². The highest BCUT2D eigenvalue weighted by Gasteiger charge is 2.24. The van der Waals surface area contributed by atoms with E-state index in [-0.39, 0.29) is 29.9 Å². The average Bonchev–Trinajstić information content (AvgIpc) is 3.52. The fourth-order valence-electron chi connectivity index (χ4n) is 3.73. The summed E-state index contributed by atoms with van der Waals surface area (Å²) in [7, 11) is 0. The van der Waals surface area contributed by atoms with Crippen molar-refractivity contribution in [1.29, 1.82) is 0 Å². The SMILES string of the molecule is O=C(Nc1nc(CC(=O)N2CCN(C(=O)CCCc3ccccc3)CC2)cs1)c1ccco1. The molecule has 0 saturated carbocycles. The Bertz CT molecular complexity index is 1070. The van der Waals surface area contributed by atoms with E-state index in [2.05, 4.69) is 22.4 Å². The summed E-state index contributed by atoms with van der Waals surface area (Å²) in [5.41, 5.74) is 1.85. The van der Waals surface area contributed by atoms with E-state index >= 15 is 0 Å². The van der Waals surface area contributed by atoms with Gasteiger partial charge in [-0.15, -0.1) is 11.3 Å². The Morgan fingerprint density at radius 3 is 2.39 bits per heavy atom. The predicted molar refractivity (Wildman–Crippen MR) is 125 cm³/mol. The molecule has 1 N–H and O–H groups in total. The summed E-state index contributed by atoms with van der Waals surface area (Å²) in [6.45, 7) is 2.15. The van der Waals surface area contributed by atoms with Crippen molar-refractivity contribution >= 4 is 34.2 Å². The van der Waals surface area contributed by atoms with Crippen molar-refractivity contribution < 1.29 is 18.8 Å². The van der Waals surface area contributed by atoms with Gasteiger partial charge in [-0.1, -0.05) is 30.3 Å². The van der Waals surface area contributed by atoms with Gasteiger partial charge in [0, 0.05) is 38.0 Å². The summed E-state index contributed by atoms with van der Waals surface area (Å²) in [6.07, 6.45) is 3.83. The molecule has 172 valence electrons. The Kier molecular flexibility index (Phi) is 7.51. The van der Waals surface area contributed by atoms with Crippen LogP contribution in [-0.2, 0) is 22.4 Å². The fraction of sp³-hybridized carbons (Fsp3) is 0.333. The van der Waals surface area contributed by atoms with Gasteiger partial charge in [0.05, 0.1) is 18.4 Å². The van der Waals surface area contributed by atoms with Gasteiger partial charge in [-0.05, 0) is 30.5 Å². The lowest BCUT2D eigenvalue weighted by molar-refractivity contribution is -0.139. The minimum Gasteiger partial charge on any atom is -0.459 e. The summed E-state index contributed by atoms with van der Waals surface area (Å²) in [5, 5.41) is 4.86. The number of carbonyl (C=O) groups is 3. The largest absolute Gasteiger partial charge is 0.459 e. The predicted octanol–water partition coefficient (Wildman–Crippen LogP) is 3.22. The number of furan rings is 1.